The molecule has 0 saturated carbocycles. The molecule has 0 fully saturated rings. The standard InChI is InChI=1S/C22H17Cl3N2/c1-14-5-7-15(8-6-14)21-13-22(19-10-9-17(24)12-20(19)25)27(26-21)18-4-2-3-16(23)11-18/h2-12,22H,13H2,1H3. The Labute approximate surface area is 174 Å². The zero-order valence-corrected chi connectivity index (χ0v) is 16.9. The minimum atomic E-state index is -0.0236. The van der Waals surface area contributed by atoms with Crippen LogP contribution in [-0.4, -0.2) is 5.71 Å². The van der Waals surface area contributed by atoms with Crippen LogP contribution in [0.4, 0.5) is 5.69 Å². The van der Waals surface area contributed by atoms with Crippen molar-refractivity contribution in [3.05, 3.63) is 98.5 Å². The van der Waals surface area contributed by atoms with Gasteiger partial charge in [-0.1, -0.05) is 76.8 Å². The molecule has 1 aliphatic rings. The van der Waals surface area contributed by atoms with Crippen molar-refractivity contribution in [2.24, 2.45) is 5.10 Å². The van der Waals surface area contributed by atoms with Gasteiger partial charge in [0.1, 0.15) is 0 Å². The molecule has 2 nitrogen and oxygen atoms in total. The van der Waals surface area contributed by atoms with Crippen LogP contribution < -0.4 is 5.01 Å². The second-order valence-corrected chi connectivity index (χ2v) is 7.90. The van der Waals surface area contributed by atoms with Crippen molar-refractivity contribution in [1.82, 2.24) is 0 Å². The van der Waals surface area contributed by atoms with E-state index in [9.17, 15) is 0 Å². The Morgan fingerprint density at radius 1 is 0.889 bits per heavy atom. The van der Waals surface area contributed by atoms with Gasteiger partial charge in [-0.05, 0) is 48.4 Å². The monoisotopic (exact) mass is 414 g/mol. The summed E-state index contributed by atoms with van der Waals surface area (Å²) in [4.78, 5) is 0. The lowest BCUT2D eigenvalue weighted by Crippen LogP contribution is -2.18. The number of rotatable bonds is 3. The first kappa shape index (κ1) is 18.4. The lowest BCUT2D eigenvalue weighted by atomic mass is 9.97. The van der Waals surface area contributed by atoms with E-state index in [1.807, 2.05) is 41.4 Å². The molecular formula is C22H17Cl3N2. The number of aryl methyl sites for hydroxylation is 1. The molecule has 0 N–H and O–H groups in total. The van der Waals surface area contributed by atoms with Crippen LogP contribution in [-0.2, 0) is 0 Å². The van der Waals surface area contributed by atoms with Crippen molar-refractivity contribution in [3.8, 4) is 0 Å². The van der Waals surface area contributed by atoms with E-state index in [-0.39, 0.29) is 6.04 Å². The zero-order valence-electron chi connectivity index (χ0n) is 14.7. The molecule has 136 valence electrons. The molecule has 1 unspecified atom stereocenters. The molecule has 0 radical (unpaired) electrons. The molecule has 1 atom stereocenters. The summed E-state index contributed by atoms with van der Waals surface area (Å²) in [5, 5.41) is 8.85. The summed E-state index contributed by atoms with van der Waals surface area (Å²) in [6, 6.07) is 21.7. The van der Waals surface area contributed by atoms with Crippen LogP contribution in [0.25, 0.3) is 0 Å². The quantitative estimate of drug-likeness (QED) is 0.438. The van der Waals surface area contributed by atoms with E-state index in [2.05, 4.69) is 31.2 Å². The van der Waals surface area contributed by atoms with Crippen LogP contribution >= 0.6 is 34.8 Å². The van der Waals surface area contributed by atoms with Gasteiger partial charge in [-0.25, -0.2) is 0 Å². The van der Waals surface area contributed by atoms with Gasteiger partial charge < -0.3 is 0 Å². The lowest BCUT2D eigenvalue weighted by Gasteiger charge is -2.25. The van der Waals surface area contributed by atoms with Gasteiger partial charge in [-0.3, -0.25) is 5.01 Å². The molecule has 0 aliphatic carbocycles. The Morgan fingerprint density at radius 2 is 1.63 bits per heavy atom. The highest BCUT2D eigenvalue weighted by Gasteiger charge is 2.31. The van der Waals surface area contributed by atoms with Crippen molar-refractivity contribution in [2.75, 3.05) is 5.01 Å². The number of hydrazone groups is 1. The van der Waals surface area contributed by atoms with Gasteiger partial charge in [-0.2, -0.15) is 5.10 Å². The first-order valence-electron chi connectivity index (χ1n) is 8.65. The van der Waals surface area contributed by atoms with E-state index < -0.39 is 0 Å². The number of hydrogen-bond donors (Lipinski definition) is 0. The van der Waals surface area contributed by atoms with Crippen molar-refractivity contribution in [2.45, 2.75) is 19.4 Å². The van der Waals surface area contributed by atoms with E-state index in [0.717, 1.165) is 28.9 Å². The van der Waals surface area contributed by atoms with Crippen LogP contribution in [0.1, 0.15) is 29.2 Å². The highest BCUT2D eigenvalue weighted by Crippen LogP contribution is 2.40. The summed E-state index contributed by atoms with van der Waals surface area (Å²) in [6.45, 7) is 2.08. The Bertz CT molecular complexity index is 1010. The first-order valence-corrected chi connectivity index (χ1v) is 9.79. The summed E-state index contributed by atoms with van der Waals surface area (Å²) < 4.78 is 0. The minimum Gasteiger partial charge on any atom is -0.257 e. The Kier molecular flexibility index (Phi) is 5.14. The van der Waals surface area contributed by atoms with Gasteiger partial charge in [0.2, 0.25) is 0 Å². The lowest BCUT2D eigenvalue weighted by molar-refractivity contribution is 0.709. The van der Waals surface area contributed by atoms with E-state index in [1.165, 1.54) is 5.56 Å². The van der Waals surface area contributed by atoms with E-state index in [0.29, 0.717) is 15.1 Å². The molecule has 3 aromatic carbocycles. The van der Waals surface area contributed by atoms with Gasteiger partial charge in [0.25, 0.3) is 0 Å². The normalized spacial score (nSPS) is 16.5. The summed E-state index contributed by atoms with van der Waals surface area (Å²) in [6.07, 6.45) is 0.747. The average Bonchev–Trinajstić information content (AvgIpc) is 3.07. The molecule has 0 saturated heterocycles. The van der Waals surface area contributed by atoms with Crippen molar-refractivity contribution < 1.29 is 0 Å². The predicted octanol–water partition coefficient (Wildman–Crippen LogP) is 7.31. The van der Waals surface area contributed by atoms with Crippen LogP contribution in [0.15, 0.2) is 71.8 Å². The fourth-order valence-corrected chi connectivity index (χ4v) is 4.02. The molecule has 27 heavy (non-hydrogen) atoms. The Hall–Kier alpha value is -2.00. The van der Waals surface area contributed by atoms with E-state index in [4.69, 9.17) is 39.9 Å². The number of nitrogens with zero attached hydrogens (tertiary/aromatic N) is 2. The third-order valence-corrected chi connectivity index (χ3v) is 5.49. The third-order valence-electron chi connectivity index (χ3n) is 4.69. The number of anilines is 1. The average molecular weight is 416 g/mol. The largest absolute Gasteiger partial charge is 0.257 e. The molecule has 0 amide bonds. The molecule has 0 aromatic heterocycles. The van der Waals surface area contributed by atoms with Crippen LogP contribution in [0.3, 0.4) is 0 Å². The maximum absolute atomic E-state index is 6.52. The SMILES string of the molecule is Cc1ccc(C2=NN(c3cccc(Cl)c3)C(c3ccc(Cl)cc3Cl)C2)cc1. The van der Waals surface area contributed by atoms with Crippen LogP contribution in [0.5, 0.6) is 0 Å². The number of benzene rings is 3. The maximum Gasteiger partial charge on any atom is 0.0846 e. The van der Waals surface area contributed by atoms with Crippen LogP contribution in [0.2, 0.25) is 15.1 Å². The number of halogens is 3. The minimum absolute atomic E-state index is 0.0236. The Morgan fingerprint density at radius 3 is 2.33 bits per heavy atom. The fourth-order valence-electron chi connectivity index (χ4n) is 3.30. The Balaban J connectivity index is 1.79. The van der Waals surface area contributed by atoms with Crippen molar-refractivity contribution in [1.29, 1.82) is 0 Å². The molecule has 4 rings (SSSR count). The van der Waals surface area contributed by atoms with E-state index >= 15 is 0 Å². The molecule has 1 aliphatic heterocycles. The summed E-state index contributed by atoms with van der Waals surface area (Å²) in [5.74, 6) is 0. The highest BCUT2D eigenvalue weighted by molar-refractivity contribution is 6.35. The highest BCUT2D eigenvalue weighted by atomic mass is 35.5. The topological polar surface area (TPSA) is 15.6 Å². The number of hydrogen-bond acceptors (Lipinski definition) is 2. The summed E-state index contributed by atoms with van der Waals surface area (Å²) in [7, 11) is 0. The third kappa shape index (κ3) is 3.84. The van der Waals surface area contributed by atoms with Gasteiger partial charge in [-0.15, -0.1) is 0 Å². The van der Waals surface area contributed by atoms with E-state index in [1.54, 1.807) is 6.07 Å². The van der Waals surface area contributed by atoms with Crippen LogP contribution in [0, 0.1) is 6.92 Å². The second-order valence-electron chi connectivity index (χ2n) is 6.62. The van der Waals surface area contributed by atoms with Gasteiger partial charge in [0.15, 0.2) is 0 Å². The molecule has 0 bridgehead atoms. The molecule has 5 heteroatoms. The zero-order chi connectivity index (χ0) is 19.0. The summed E-state index contributed by atoms with van der Waals surface area (Å²) >= 11 is 18.8. The van der Waals surface area contributed by atoms with Gasteiger partial charge in [0, 0.05) is 21.5 Å². The molecule has 1 heterocycles. The second kappa shape index (κ2) is 7.55. The molecule has 3 aromatic rings. The van der Waals surface area contributed by atoms with Gasteiger partial charge in [0.05, 0.1) is 17.4 Å². The van der Waals surface area contributed by atoms with Crippen molar-refractivity contribution >= 4 is 46.2 Å². The van der Waals surface area contributed by atoms with Crippen molar-refractivity contribution in [3.63, 3.8) is 0 Å². The summed E-state index contributed by atoms with van der Waals surface area (Å²) in [5.41, 5.74) is 5.28. The first-order chi connectivity index (χ1) is 13.0. The van der Waals surface area contributed by atoms with Gasteiger partial charge >= 0.3 is 0 Å². The maximum atomic E-state index is 6.52. The fraction of sp³-hybridized carbons (Fsp3) is 0.136. The molecule has 0 spiro atoms. The predicted molar refractivity (Wildman–Crippen MR) is 115 cm³/mol. The smallest absolute Gasteiger partial charge is 0.0846 e. The molecular weight excluding hydrogens is 399 g/mol.